The Kier molecular flexibility index (Phi) is 6.93. The highest BCUT2D eigenvalue weighted by atomic mass is 35.5. The van der Waals surface area contributed by atoms with Crippen LogP contribution in [0.2, 0.25) is 5.02 Å². The number of halogens is 1. The zero-order chi connectivity index (χ0) is 22.4. The number of hydrogen-bond donors (Lipinski definition) is 3. The van der Waals surface area contributed by atoms with Gasteiger partial charge in [-0.15, -0.1) is 0 Å². The van der Waals surface area contributed by atoms with E-state index in [2.05, 4.69) is 10.6 Å². The number of anilines is 1. The molecular weight excluding hydrogens is 432 g/mol. The largest absolute Gasteiger partial charge is 0.486 e. The number of nitrogens with one attached hydrogen (secondary N) is 2. The molecule has 0 atom stereocenters. The lowest BCUT2D eigenvalue weighted by molar-refractivity contribution is -0.152. The van der Waals surface area contributed by atoms with Gasteiger partial charge in [0.15, 0.2) is 11.5 Å². The number of carboxylic acid groups (broad SMARTS) is 1. The molecule has 3 amide bonds. The Morgan fingerprint density at radius 2 is 1.77 bits per heavy atom. The smallest absolute Gasteiger partial charge is 0.326 e. The van der Waals surface area contributed by atoms with Gasteiger partial charge in [-0.25, -0.2) is 4.79 Å². The van der Waals surface area contributed by atoms with Gasteiger partial charge in [-0.2, -0.15) is 0 Å². The first-order chi connectivity index (χ1) is 14.8. The van der Waals surface area contributed by atoms with Crippen LogP contribution in [0.25, 0.3) is 0 Å². The van der Waals surface area contributed by atoms with Gasteiger partial charge in [-0.3, -0.25) is 19.7 Å². The highest BCUT2D eigenvalue weighted by Crippen LogP contribution is 2.30. The Balaban J connectivity index is 1.55. The molecule has 0 aliphatic carbocycles. The molecule has 0 saturated carbocycles. The van der Waals surface area contributed by atoms with Gasteiger partial charge < -0.3 is 24.6 Å². The van der Waals surface area contributed by atoms with Crippen LogP contribution < -0.4 is 20.1 Å². The average Bonchev–Trinajstić information content (AvgIpc) is 2.72. The molecule has 0 bridgehead atoms. The van der Waals surface area contributed by atoms with E-state index < -0.39 is 30.3 Å². The first kappa shape index (κ1) is 21.9. The fourth-order valence-electron chi connectivity index (χ4n) is 2.60. The quantitative estimate of drug-likeness (QED) is 0.452. The molecule has 0 spiro atoms. The summed E-state index contributed by atoms with van der Waals surface area (Å²) in [6, 6.07) is 8.17. The molecule has 2 aromatic carbocycles. The van der Waals surface area contributed by atoms with Crippen molar-refractivity contribution in [2.75, 3.05) is 18.5 Å². The summed E-state index contributed by atoms with van der Waals surface area (Å²) in [6.07, 6.45) is -0.755. The summed E-state index contributed by atoms with van der Waals surface area (Å²) in [5.41, 5.74) is 0.924. The van der Waals surface area contributed by atoms with Crippen molar-refractivity contribution >= 4 is 41.2 Å². The molecular formula is C20H17ClN2O8. The maximum Gasteiger partial charge on any atom is 0.326 e. The number of esters is 1. The van der Waals surface area contributed by atoms with E-state index in [9.17, 15) is 19.2 Å². The topological polar surface area (TPSA) is 140 Å². The van der Waals surface area contributed by atoms with Crippen LogP contribution in [0.1, 0.15) is 22.3 Å². The summed E-state index contributed by atoms with van der Waals surface area (Å²) in [6.45, 7) is 0.571. The zero-order valence-electron chi connectivity index (χ0n) is 16.0. The number of hydrogen-bond acceptors (Lipinski definition) is 7. The number of urea groups is 1. The molecule has 0 aromatic heterocycles. The van der Waals surface area contributed by atoms with Crippen LogP contribution in [0.3, 0.4) is 0 Å². The van der Waals surface area contributed by atoms with E-state index in [0.717, 1.165) is 0 Å². The minimum absolute atomic E-state index is 0.180. The molecule has 31 heavy (non-hydrogen) atoms. The van der Waals surface area contributed by atoms with Crippen molar-refractivity contribution in [1.82, 2.24) is 5.32 Å². The van der Waals surface area contributed by atoms with Crippen molar-refractivity contribution < 1.29 is 38.5 Å². The van der Waals surface area contributed by atoms with Gasteiger partial charge in [0.25, 0.3) is 5.91 Å². The maximum atomic E-state index is 12.3. The first-order valence-corrected chi connectivity index (χ1v) is 9.37. The molecule has 1 aliphatic rings. The number of aliphatic carboxylic acids is 1. The van der Waals surface area contributed by atoms with E-state index in [1.54, 1.807) is 6.07 Å². The van der Waals surface area contributed by atoms with Crippen LogP contribution >= 0.6 is 11.6 Å². The van der Waals surface area contributed by atoms with Crippen LogP contribution in [-0.2, 0) is 20.9 Å². The Labute approximate surface area is 181 Å². The molecule has 10 nitrogen and oxygen atoms in total. The molecule has 0 radical (unpaired) electrons. The molecule has 3 N–H and O–H groups in total. The second-order valence-electron chi connectivity index (χ2n) is 6.30. The number of fused-ring (bicyclic) bond motifs is 1. The second kappa shape index (κ2) is 9.81. The average molecular weight is 449 g/mol. The molecule has 1 heterocycles. The Bertz CT molecular complexity index is 1040. The second-order valence-corrected chi connectivity index (χ2v) is 6.71. The van der Waals surface area contributed by atoms with E-state index in [-0.39, 0.29) is 22.9 Å². The number of ether oxygens (including phenoxy) is 3. The standard InChI is InChI=1S/C20H17ClN2O8/c21-14-8-13(3-1-12(14)10-31-18(26)9-17(24)25)22-20(28)23-19(27)11-2-4-15-16(7-11)30-6-5-29-15/h1-4,7-8H,5-6,9-10H2,(H,24,25)(H2,22,23,27,28). The van der Waals surface area contributed by atoms with Crippen molar-refractivity contribution in [3.8, 4) is 11.5 Å². The third-order valence-corrected chi connectivity index (χ3v) is 4.38. The van der Waals surface area contributed by atoms with Gasteiger partial charge in [0.1, 0.15) is 26.2 Å². The number of benzene rings is 2. The van der Waals surface area contributed by atoms with Gasteiger partial charge >= 0.3 is 18.0 Å². The van der Waals surface area contributed by atoms with E-state index >= 15 is 0 Å². The molecule has 3 rings (SSSR count). The zero-order valence-corrected chi connectivity index (χ0v) is 16.7. The van der Waals surface area contributed by atoms with Gasteiger partial charge in [-0.05, 0) is 30.3 Å². The lowest BCUT2D eigenvalue weighted by atomic mass is 10.2. The number of carbonyl (C=O) groups excluding carboxylic acids is 3. The number of amides is 3. The van der Waals surface area contributed by atoms with Gasteiger partial charge in [-0.1, -0.05) is 17.7 Å². The monoisotopic (exact) mass is 448 g/mol. The van der Waals surface area contributed by atoms with Crippen LogP contribution in [0.5, 0.6) is 11.5 Å². The Morgan fingerprint density at radius 1 is 1.03 bits per heavy atom. The van der Waals surface area contributed by atoms with Crippen molar-refractivity contribution in [2.24, 2.45) is 0 Å². The van der Waals surface area contributed by atoms with Crippen LogP contribution in [0, 0.1) is 0 Å². The van der Waals surface area contributed by atoms with Crippen molar-refractivity contribution in [2.45, 2.75) is 13.0 Å². The first-order valence-electron chi connectivity index (χ1n) is 8.99. The third-order valence-electron chi connectivity index (χ3n) is 4.03. The molecule has 162 valence electrons. The number of rotatable bonds is 6. The summed E-state index contributed by atoms with van der Waals surface area (Å²) < 4.78 is 15.6. The van der Waals surface area contributed by atoms with Crippen LogP contribution in [0.4, 0.5) is 10.5 Å². The molecule has 0 unspecified atom stereocenters. The molecule has 1 aliphatic heterocycles. The SMILES string of the molecule is O=C(O)CC(=O)OCc1ccc(NC(=O)NC(=O)c2ccc3c(c2)OCCO3)cc1Cl. The predicted octanol–water partition coefficient (Wildman–Crippen LogP) is 2.59. The lowest BCUT2D eigenvalue weighted by Gasteiger charge is -2.18. The summed E-state index contributed by atoms with van der Waals surface area (Å²) in [5, 5.41) is 13.4. The minimum Gasteiger partial charge on any atom is -0.486 e. The van der Waals surface area contributed by atoms with Crippen molar-refractivity contribution in [3.63, 3.8) is 0 Å². The Morgan fingerprint density at radius 3 is 2.48 bits per heavy atom. The maximum absolute atomic E-state index is 12.3. The van der Waals surface area contributed by atoms with Crippen LogP contribution in [0.15, 0.2) is 36.4 Å². The highest BCUT2D eigenvalue weighted by Gasteiger charge is 2.17. The third kappa shape index (κ3) is 6.09. The fourth-order valence-corrected chi connectivity index (χ4v) is 2.83. The summed E-state index contributed by atoms with van der Waals surface area (Å²) >= 11 is 6.10. The normalized spacial score (nSPS) is 11.9. The highest BCUT2D eigenvalue weighted by molar-refractivity contribution is 6.31. The molecule has 0 saturated heterocycles. The Hall–Kier alpha value is -3.79. The van der Waals surface area contributed by atoms with Crippen LogP contribution in [-0.4, -0.2) is 42.2 Å². The van der Waals surface area contributed by atoms with Gasteiger partial charge in [0.2, 0.25) is 0 Å². The lowest BCUT2D eigenvalue weighted by Crippen LogP contribution is -2.34. The number of carboxylic acids is 1. The number of imide groups is 1. The van der Waals surface area contributed by atoms with Crippen molar-refractivity contribution in [1.29, 1.82) is 0 Å². The van der Waals surface area contributed by atoms with E-state index in [4.69, 9.17) is 30.9 Å². The predicted molar refractivity (Wildman–Crippen MR) is 107 cm³/mol. The molecule has 0 fully saturated rings. The minimum atomic E-state index is -1.30. The summed E-state index contributed by atoms with van der Waals surface area (Å²) in [7, 11) is 0. The summed E-state index contributed by atoms with van der Waals surface area (Å²) in [5.74, 6) is -1.89. The fraction of sp³-hybridized carbons (Fsp3) is 0.200. The molecule has 2 aromatic rings. The van der Waals surface area contributed by atoms with E-state index in [0.29, 0.717) is 30.3 Å². The number of carbonyl (C=O) groups is 4. The van der Waals surface area contributed by atoms with E-state index in [1.165, 1.54) is 30.3 Å². The van der Waals surface area contributed by atoms with Gasteiger partial charge in [0.05, 0.1) is 0 Å². The van der Waals surface area contributed by atoms with E-state index in [1.807, 2.05) is 0 Å². The van der Waals surface area contributed by atoms with Gasteiger partial charge in [0, 0.05) is 21.8 Å². The molecule has 11 heteroatoms. The summed E-state index contributed by atoms with van der Waals surface area (Å²) in [4.78, 5) is 46.2. The van der Waals surface area contributed by atoms with Crippen molar-refractivity contribution in [3.05, 3.63) is 52.5 Å².